The number of phenolic OH excluding ortho intramolecular Hbond substituents is 2. The summed E-state index contributed by atoms with van der Waals surface area (Å²) in [6.45, 7) is 0. The Morgan fingerprint density at radius 2 is 1.81 bits per heavy atom. The van der Waals surface area contributed by atoms with Crippen molar-refractivity contribution in [1.82, 2.24) is 5.43 Å². The first-order chi connectivity index (χ1) is 9.97. The van der Waals surface area contributed by atoms with E-state index in [9.17, 15) is 15.0 Å². The second-order valence-corrected chi connectivity index (χ2v) is 5.84. The summed E-state index contributed by atoms with van der Waals surface area (Å²) in [6.07, 6.45) is 1.43. The molecular formula is C14H10Br2N2O3. The number of carbonyl (C=O) groups is 1. The molecule has 0 fully saturated rings. The van der Waals surface area contributed by atoms with Crippen molar-refractivity contribution in [1.29, 1.82) is 0 Å². The predicted molar refractivity (Wildman–Crippen MR) is 86.7 cm³/mol. The number of halogens is 2. The van der Waals surface area contributed by atoms with Crippen LogP contribution in [0.15, 0.2) is 50.4 Å². The lowest BCUT2D eigenvalue weighted by molar-refractivity contribution is 0.0952. The van der Waals surface area contributed by atoms with E-state index in [1.54, 1.807) is 18.2 Å². The van der Waals surface area contributed by atoms with Gasteiger partial charge >= 0.3 is 0 Å². The molecular weight excluding hydrogens is 404 g/mol. The van der Waals surface area contributed by atoms with Crippen LogP contribution in [-0.2, 0) is 0 Å². The van der Waals surface area contributed by atoms with Crippen LogP contribution in [0.3, 0.4) is 0 Å². The van der Waals surface area contributed by atoms with Crippen LogP contribution in [-0.4, -0.2) is 22.3 Å². The molecule has 21 heavy (non-hydrogen) atoms. The molecule has 5 nitrogen and oxygen atoms in total. The predicted octanol–water partition coefficient (Wildman–Crippen LogP) is 3.39. The molecule has 2 aromatic rings. The summed E-state index contributed by atoms with van der Waals surface area (Å²) in [5, 5.41) is 22.8. The Morgan fingerprint density at radius 1 is 1.10 bits per heavy atom. The van der Waals surface area contributed by atoms with E-state index in [1.807, 2.05) is 0 Å². The number of hydrogen-bond acceptors (Lipinski definition) is 4. The number of phenols is 2. The minimum atomic E-state index is -0.525. The van der Waals surface area contributed by atoms with Crippen LogP contribution in [0.25, 0.3) is 0 Å². The Hall–Kier alpha value is -1.86. The highest BCUT2D eigenvalue weighted by Crippen LogP contribution is 2.23. The van der Waals surface area contributed by atoms with E-state index in [4.69, 9.17) is 0 Å². The second-order valence-electron chi connectivity index (χ2n) is 4.07. The fraction of sp³-hybridized carbons (Fsp3) is 0. The first kappa shape index (κ1) is 15.5. The maximum absolute atomic E-state index is 11.9. The number of rotatable bonds is 3. The normalized spacial score (nSPS) is 10.8. The van der Waals surface area contributed by atoms with Crippen LogP contribution in [0, 0.1) is 0 Å². The zero-order chi connectivity index (χ0) is 15.4. The van der Waals surface area contributed by atoms with Gasteiger partial charge in [0.15, 0.2) is 0 Å². The molecule has 0 heterocycles. The molecule has 0 aliphatic heterocycles. The number of benzene rings is 2. The van der Waals surface area contributed by atoms with Gasteiger partial charge < -0.3 is 10.2 Å². The van der Waals surface area contributed by atoms with E-state index in [2.05, 4.69) is 42.4 Å². The number of amides is 1. The SMILES string of the molecule is O=C(N/N=C\c1ccc(O)c(Br)c1)c1cc(Br)ccc1O. The lowest BCUT2D eigenvalue weighted by Gasteiger charge is -2.03. The monoisotopic (exact) mass is 412 g/mol. The summed E-state index contributed by atoms with van der Waals surface area (Å²) < 4.78 is 1.21. The quantitative estimate of drug-likeness (QED) is 0.532. The van der Waals surface area contributed by atoms with Gasteiger partial charge in [-0.1, -0.05) is 15.9 Å². The highest BCUT2D eigenvalue weighted by molar-refractivity contribution is 9.10. The summed E-state index contributed by atoms with van der Waals surface area (Å²) in [4.78, 5) is 11.9. The van der Waals surface area contributed by atoms with E-state index >= 15 is 0 Å². The Labute approximate surface area is 137 Å². The van der Waals surface area contributed by atoms with Crippen molar-refractivity contribution in [3.63, 3.8) is 0 Å². The van der Waals surface area contributed by atoms with E-state index in [0.717, 1.165) is 0 Å². The van der Waals surface area contributed by atoms with Gasteiger partial charge in [-0.25, -0.2) is 5.43 Å². The third-order valence-electron chi connectivity index (χ3n) is 2.55. The van der Waals surface area contributed by atoms with Gasteiger partial charge in [-0.3, -0.25) is 4.79 Å². The molecule has 0 unspecified atom stereocenters. The number of carbonyl (C=O) groups excluding carboxylic acids is 1. The van der Waals surface area contributed by atoms with Crippen molar-refractivity contribution in [2.24, 2.45) is 5.10 Å². The third-order valence-corrected chi connectivity index (χ3v) is 3.68. The van der Waals surface area contributed by atoms with Gasteiger partial charge in [0.1, 0.15) is 11.5 Å². The maximum atomic E-state index is 11.9. The summed E-state index contributed by atoms with van der Waals surface area (Å²) in [7, 11) is 0. The Morgan fingerprint density at radius 3 is 2.52 bits per heavy atom. The Bertz CT molecular complexity index is 717. The fourth-order valence-corrected chi connectivity index (χ4v) is 2.28. The number of nitrogens with one attached hydrogen (secondary N) is 1. The highest BCUT2D eigenvalue weighted by Gasteiger charge is 2.10. The molecule has 3 N–H and O–H groups in total. The van der Waals surface area contributed by atoms with Crippen LogP contribution in [0.4, 0.5) is 0 Å². The molecule has 0 spiro atoms. The molecule has 0 saturated carbocycles. The topological polar surface area (TPSA) is 81.9 Å². The third kappa shape index (κ3) is 4.05. The van der Waals surface area contributed by atoms with Gasteiger partial charge in [-0.2, -0.15) is 5.10 Å². The summed E-state index contributed by atoms with van der Waals surface area (Å²) in [5.41, 5.74) is 3.13. The van der Waals surface area contributed by atoms with Crippen molar-refractivity contribution in [3.8, 4) is 11.5 Å². The molecule has 0 aromatic heterocycles. The van der Waals surface area contributed by atoms with Crippen molar-refractivity contribution in [3.05, 3.63) is 56.5 Å². The molecule has 0 saturated heterocycles. The Kier molecular flexibility index (Phi) is 4.98. The van der Waals surface area contributed by atoms with Crippen molar-refractivity contribution in [2.75, 3.05) is 0 Å². The van der Waals surface area contributed by atoms with Crippen LogP contribution >= 0.6 is 31.9 Å². The first-order valence-electron chi connectivity index (χ1n) is 5.78. The van der Waals surface area contributed by atoms with Gasteiger partial charge in [0.2, 0.25) is 0 Å². The molecule has 0 atom stereocenters. The van der Waals surface area contributed by atoms with Crippen LogP contribution in [0.5, 0.6) is 11.5 Å². The minimum absolute atomic E-state index is 0.119. The van der Waals surface area contributed by atoms with Gasteiger partial charge in [0.25, 0.3) is 5.91 Å². The Balaban J connectivity index is 2.08. The molecule has 2 rings (SSSR count). The molecule has 0 radical (unpaired) electrons. The molecule has 0 aliphatic carbocycles. The van der Waals surface area contributed by atoms with Gasteiger partial charge in [-0.15, -0.1) is 0 Å². The van der Waals surface area contributed by atoms with E-state index in [-0.39, 0.29) is 17.1 Å². The lowest BCUT2D eigenvalue weighted by Crippen LogP contribution is -2.17. The second kappa shape index (κ2) is 6.73. The van der Waals surface area contributed by atoms with Gasteiger partial charge in [0.05, 0.1) is 16.3 Å². The summed E-state index contributed by atoms with van der Waals surface area (Å²) >= 11 is 6.41. The highest BCUT2D eigenvalue weighted by atomic mass is 79.9. The van der Waals surface area contributed by atoms with E-state index in [0.29, 0.717) is 14.5 Å². The lowest BCUT2D eigenvalue weighted by atomic mass is 10.2. The molecule has 2 aromatic carbocycles. The number of nitrogens with zero attached hydrogens (tertiary/aromatic N) is 1. The van der Waals surface area contributed by atoms with Crippen molar-refractivity contribution in [2.45, 2.75) is 0 Å². The van der Waals surface area contributed by atoms with Crippen molar-refractivity contribution < 1.29 is 15.0 Å². The molecule has 0 bridgehead atoms. The molecule has 7 heteroatoms. The minimum Gasteiger partial charge on any atom is -0.507 e. The molecule has 1 amide bonds. The zero-order valence-corrected chi connectivity index (χ0v) is 13.7. The van der Waals surface area contributed by atoms with E-state index in [1.165, 1.54) is 24.4 Å². The average Bonchev–Trinajstić information content (AvgIpc) is 2.45. The van der Waals surface area contributed by atoms with Gasteiger partial charge in [0, 0.05) is 4.47 Å². The number of hydrazone groups is 1. The van der Waals surface area contributed by atoms with Crippen LogP contribution in [0.2, 0.25) is 0 Å². The fourth-order valence-electron chi connectivity index (χ4n) is 1.52. The van der Waals surface area contributed by atoms with Crippen LogP contribution < -0.4 is 5.43 Å². The summed E-state index contributed by atoms with van der Waals surface area (Å²) in [5.74, 6) is -0.531. The zero-order valence-electron chi connectivity index (χ0n) is 10.5. The standard InChI is InChI=1S/C14H10Br2N2O3/c15-9-2-4-12(19)10(6-9)14(21)18-17-7-8-1-3-13(20)11(16)5-8/h1-7,19-20H,(H,18,21)/b17-7-. The smallest absolute Gasteiger partial charge is 0.275 e. The molecule has 0 aliphatic rings. The largest absolute Gasteiger partial charge is 0.507 e. The van der Waals surface area contributed by atoms with Crippen molar-refractivity contribution >= 4 is 44.0 Å². The first-order valence-corrected chi connectivity index (χ1v) is 7.36. The summed E-state index contributed by atoms with van der Waals surface area (Å²) in [6, 6.07) is 9.35. The number of hydrogen-bond donors (Lipinski definition) is 3. The molecule has 108 valence electrons. The number of aromatic hydroxyl groups is 2. The van der Waals surface area contributed by atoms with Gasteiger partial charge in [-0.05, 0) is 57.9 Å². The van der Waals surface area contributed by atoms with Crippen LogP contribution in [0.1, 0.15) is 15.9 Å². The van der Waals surface area contributed by atoms with E-state index < -0.39 is 5.91 Å². The maximum Gasteiger partial charge on any atom is 0.275 e. The average molecular weight is 414 g/mol.